The Morgan fingerprint density at radius 2 is 1.23 bits per heavy atom. The Morgan fingerprint density at radius 1 is 0.700 bits per heavy atom. The highest BCUT2D eigenvalue weighted by Gasteiger charge is 2.17. The first-order chi connectivity index (χ1) is 14.3. The standard InChI is InChI=1S/C21H14Cl4N2O3/c1-30-19-7-2-11(20(28)26-12-3-5-15(22)17(24)9-12)8-14(19)21(29)27-13-4-6-16(23)18(25)10-13/h2-10H,1H3,(H,26,28)(H,27,29). The van der Waals surface area contributed by atoms with E-state index in [1.807, 2.05) is 0 Å². The van der Waals surface area contributed by atoms with Crippen LogP contribution < -0.4 is 15.4 Å². The van der Waals surface area contributed by atoms with Crippen molar-refractivity contribution in [2.75, 3.05) is 17.7 Å². The van der Waals surface area contributed by atoms with Gasteiger partial charge in [-0.15, -0.1) is 0 Å². The molecule has 0 spiro atoms. The molecule has 0 saturated heterocycles. The van der Waals surface area contributed by atoms with E-state index in [9.17, 15) is 9.59 Å². The number of benzene rings is 3. The van der Waals surface area contributed by atoms with Crippen molar-refractivity contribution >= 4 is 69.6 Å². The maximum atomic E-state index is 12.8. The Balaban J connectivity index is 1.84. The average Bonchev–Trinajstić information content (AvgIpc) is 2.73. The summed E-state index contributed by atoms with van der Waals surface area (Å²) in [7, 11) is 1.43. The lowest BCUT2D eigenvalue weighted by atomic mass is 10.1. The van der Waals surface area contributed by atoms with Crippen LogP contribution >= 0.6 is 46.4 Å². The molecule has 0 aliphatic rings. The molecule has 0 unspecified atom stereocenters. The lowest BCUT2D eigenvalue weighted by molar-refractivity contribution is 0.102. The van der Waals surface area contributed by atoms with Crippen molar-refractivity contribution in [1.29, 1.82) is 0 Å². The number of halogens is 4. The quantitative estimate of drug-likeness (QED) is 0.418. The van der Waals surface area contributed by atoms with E-state index in [4.69, 9.17) is 51.1 Å². The molecule has 3 rings (SSSR count). The van der Waals surface area contributed by atoms with Crippen LogP contribution in [0.3, 0.4) is 0 Å². The van der Waals surface area contributed by atoms with Gasteiger partial charge in [0.1, 0.15) is 5.75 Å². The van der Waals surface area contributed by atoms with Crippen LogP contribution in [0.15, 0.2) is 54.6 Å². The molecule has 0 saturated carbocycles. The lowest BCUT2D eigenvalue weighted by Crippen LogP contribution is -2.16. The summed E-state index contributed by atoms with van der Waals surface area (Å²) < 4.78 is 5.26. The number of amides is 2. The van der Waals surface area contributed by atoms with E-state index < -0.39 is 11.8 Å². The highest BCUT2D eigenvalue weighted by Crippen LogP contribution is 2.28. The monoisotopic (exact) mass is 482 g/mol. The molecule has 0 aromatic heterocycles. The van der Waals surface area contributed by atoms with Gasteiger partial charge in [0.05, 0.1) is 32.8 Å². The molecule has 0 bridgehead atoms. The Hall–Kier alpha value is -2.44. The summed E-state index contributed by atoms with van der Waals surface area (Å²) in [5.74, 6) is -0.604. The van der Waals surface area contributed by atoms with Crippen molar-refractivity contribution in [1.82, 2.24) is 0 Å². The van der Waals surface area contributed by atoms with Crippen LogP contribution in [0, 0.1) is 0 Å². The molecule has 154 valence electrons. The third kappa shape index (κ3) is 5.18. The van der Waals surface area contributed by atoms with E-state index in [1.54, 1.807) is 30.3 Å². The van der Waals surface area contributed by atoms with E-state index in [-0.39, 0.29) is 11.1 Å². The number of anilines is 2. The van der Waals surface area contributed by atoms with Gasteiger partial charge in [0, 0.05) is 16.9 Å². The molecular formula is C21H14Cl4N2O3. The second-order valence-electron chi connectivity index (χ2n) is 6.08. The molecule has 3 aromatic rings. The lowest BCUT2D eigenvalue weighted by Gasteiger charge is -2.12. The molecule has 2 N–H and O–H groups in total. The second-order valence-corrected chi connectivity index (χ2v) is 7.71. The third-order valence-electron chi connectivity index (χ3n) is 4.06. The van der Waals surface area contributed by atoms with Crippen molar-refractivity contribution in [2.24, 2.45) is 0 Å². The first-order valence-electron chi connectivity index (χ1n) is 8.49. The molecule has 0 heterocycles. The van der Waals surface area contributed by atoms with Gasteiger partial charge >= 0.3 is 0 Å². The van der Waals surface area contributed by atoms with E-state index in [0.29, 0.717) is 37.2 Å². The minimum Gasteiger partial charge on any atom is -0.496 e. The maximum Gasteiger partial charge on any atom is 0.259 e. The molecule has 0 atom stereocenters. The Bertz CT molecular complexity index is 1140. The van der Waals surface area contributed by atoms with Crippen molar-refractivity contribution in [3.8, 4) is 5.75 Å². The van der Waals surface area contributed by atoms with Crippen LogP contribution in [-0.2, 0) is 0 Å². The Kier molecular flexibility index (Phi) is 7.10. The SMILES string of the molecule is COc1ccc(C(=O)Nc2ccc(Cl)c(Cl)c2)cc1C(=O)Nc1ccc(Cl)c(Cl)c1. The van der Waals surface area contributed by atoms with E-state index in [0.717, 1.165) is 0 Å². The Labute approximate surface area is 192 Å². The maximum absolute atomic E-state index is 12.8. The van der Waals surface area contributed by atoms with Crippen LogP contribution in [0.5, 0.6) is 5.75 Å². The van der Waals surface area contributed by atoms with Gasteiger partial charge in [-0.25, -0.2) is 0 Å². The van der Waals surface area contributed by atoms with Gasteiger partial charge in [0.25, 0.3) is 11.8 Å². The predicted molar refractivity (Wildman–Crippen MR) is 122 cm³/mol. The highest BCUT2D eigenvalue weighted by molar-refractivity contribution is 6.42. The predicted octanol–water partition coefficient (Wildman–Crippen LogP) is 6.81. The van der Waals surface area contributed by atoms with Crippen LogP contribution in [0.4, 0.5) is 11.4 Å². The number of nitrogens with one attached hydrogen (secondary N) is 2. The second kappa shape index (κ2) is 9.58. The van der Waals surface area contributed by atoms with Gasteiger partial charge in [0.15, 0.2) is 0 Å². The number of carbonyl (C=O) groups is 2. The van der Waals surface area contributed by atoms with Crippen molar-refractivity contribution in [3.63, 3.8) is 0 Å². The molecule has 0 fully saturated rings. The van der Waals surface area contributed by atoms with Gasteiger partial charge in [-0.1, -0.05) is 46.4 Å². The largest absolute Gasteiger partial charge is 0.496 e. The minimum absolute atomic E-state index is 0.172. The van der Waals surface area contributed by atoms with E-state index in [2.05, 4.69) is 10.6 Å². The van der Waals surface area contributed by atoms with Crippen LogP contribution in [0.1, 0.15) is 20.7 Å². The van der Waals surface area contributed by atoms with Crippen LogP contribution in [-0.4, -0.2) is 18.9 Å². The van der Waals surface area contributed by atoms with Gasteiger partial charge in [-0.05, 0) is 54.6 Å². The van der Waals surface area contributed by atoms with Gasteiger partial charge < -0.3 is 15.4 Å². The first-order valence-corrected chi connectivity index (χ1v) is 10.0. The summed E-state index contributed by atoms with van der Waals surface area (Å²) in [6, 6.07) is 13.9. The summed E-state index contributed by atoms with van der Waals surface area (Å²) in [5, 5.41) is 6.77. The number of rotatable bonds is 5. The zero-order valence-electron chi connectivity index (χ0n) is 15.4. The van der Waals surface area contributed by atoms with Crippen LogP contribution in [0.2, 0.25) is 20.1 Å². The zero-order valence-corrected chi connectivity index (χ0v) is 18.5. The van der Waals surface area contributed by atoms with Crippen molar-refractivity contribution in [3.05, 3.63) is 85.8 Å². The number of methoxy groups -OCH3 is 1. The molecule has 30 heavy (non-hydrogen) atoms. The fraction of sp³-hybridized carbons (Fsp3) is 0.0476. The highest BCUT2D eigenvalue weighted by atomic mass is 35.5. The summed E-state index contributed by atoms with van der Waals surface area (Å²) in [6.07, 6.45) is 0. The molecule has 2 amide bonds. The summed E-state index contributed by atoms with van der Waals surface area (Å²) in [6.45, 7) is 0. The summed E-state index contributed by atoms with van der Waals surface area (Å²) >= 11 is 23.8. The minimum atomic E-state index is -0.477. The smallest absolute Gasteiger partial charge is 0.259 e. The molecule has 3 aromatic carbocycles. The number of ether oxygens (including phenoxy) is 1. The molecule has 0 aliphatic carbocycles. The topological polar surface area (TPSA) is 67.4 Å². The van der Waals surface area contributed by atoms with Gasteiger partial charge in [-0.2, -0.15) is 0 Å². The summed E-state index contributed by atoms with van der Waals surface area (Å²) in [5.41, 5.74) is 1.33. The van der Waals surface area contributed by atoms with Gasteiger partial charge in [0.2, 0.25) is 0 Å². The van der Waals surface area contributed by atoms with Gasteiger partial charge in [-0.3, -0.25) is 9.59 Å². The third-order valence-corrected chi connectivity index (χ3v) is 5.54. The fourth-order valence-corrected chi connectivity index (χ4v) is 3.17. The average molecular weight is 484 g/mol. The first kappa shape index (κ1) is 22.2. The molecule has 5 nitrogen and oxygen atoms in total. The van der Waals surface area contributed by atoms with Crippen molar-refractivity contribution in [2.45, 2.75) is 0 Å². The molecular weight excluding hydrogens is 470 g/mol. The molecule has 0 radical (unpaired) electrons. The zero-order chi connectivity index (χ0) is 21.8. The number of hydrogen-bond acceptors (Lipinski definition) is 3. The van der Waals surface area contributed by atoms with E-state index in [1.165, 1.54) is 31.4 Å². The Morgan fingerprint density at radius 3 is 1.73 bits per heavy atom. The van der Waals surface area contributed by atoms with Crippen LogP contribution in [0.25, 0.3) is 0 Å². The molecule has 0 aliphatic heterocycles. The van der Waals surface area contributed by atoms with Crippen molar-refractivity contribution < 1.29 is 14.3 Å². The summed E-state index contributed by atoms with van der Waals surface area (Å²) in [4.78, 5) is 25.4. The number of carbonyl (C=O) groups excluding carboxylic acids is 2. The van der Waals surface area contributed by atoms with E-state index >= 15 is 0 Å². The normalized spacial score (nSPS) is 10.4. The fourth-order valence-electron chi connectivity index (χ4n) is 2.58. The molecule has 9 heteroatoms. The number of hydrogen-bond donors (Lipinski definition) is 2.